The molecule has 0 radical (unpaired) electrons. The second-order valence-electron chi connectivity index (χ2n) is 4.98. The van der Waals surface area contributed by atoms with Gasteiger partial charge in [-0.25, -0.2) is 9.78 Å². The van der Waals surface area contributed by atoms with Gasteiger partial charge in [0.2, 0.25) is 0 Å². The first kappa shape index (κ1) is 15.2. The molecule has 0 atom stereocenters. The minimum atomic E-state index is -0.965. The van der Waals surface area contributed by atoms with Crippen molar-refractivity contribution in [3.8, 4) is 0 Å². The van der Waals surface area contributed by atoms with Crippen LogP contribution in [0.2, 0.25) is 0 Å². The maximum absolute atomic E-state index is 11.4. The molecule has 0 bridgehead atoms. The molecule has 23 heavy (non-hydrogen) atoms. The molecule has 5 nitrogen and oxygen atoms in total. The van der Waals surface area contributed by atoms with E-state index in [1.165, 1.54) is 0 Å². The van der Waals surface area contributed by atoms with Crippen molar-refractivity contribution in [3.05, 3.63) is 59.5 Å². The summed E-state index contributed by atoms with van der Waals surface area (Å²) < 4.78 is 1.75. The van der Waals surface area contributed by atoms with Gasteiger partial charge in [0.1, 0.15) is 0 Å². The highest BCUT2D eigenvalue weighted by Crippen LogP contribution is 2.19. The number of rotatable bonds is 5. The number of benzene rings is 1. The highest BCUT2D eigenvalue weighted by Gasteiger charge is 2.10. The Morgan fingerprint density at radius 3 is 2.91 bits per heavy atom. The van der Waals surface area contributed by atoms with E-state index in [1.807, 2.05) is 18.3 Å². The van der Waals surface area contributed by atoms with Gasteiger partial charge in [-0.15, -0.1) is 11.6 Å². The summed E-state index contributed by atoms with van der Waals surface area (Å²) in [5.74, 6) is -0.466. The lowest BCUT2D eigenvalue weighted by Crippen LogP contribution is -2.00. The molecular weight excluding hydrogens is 314 g/mol. The zero-order valence-electron chi connectivity index (χ0n) is 12.2. The summed E-state index contributed by atoms with van der Waals surface area (Å²) in [6, 6.07) is 8.78. The van der Waals surface area contributed by atoms with Crippen LogP contribution in [0.5, 0.6) is 0 Å². The van der Waals surface area contributed by atoms with Gasteiger partial charge >= 0.3 is 5.97 Å². The second kappa shape index (κ2) is 6.62. The number of carboxylic acids is 1. The quantitative estimate of drug-likeness (QED) is 0.728. The average molecular weight is 328 g/mol. The van der Waals surface area contributed by atoms with Crippen LogP contribution in [0.3, 0.4) is 0 Å². The van der Waals surface area contributed by atoms with E-state index in [2.05, 4.69) is 10.1 Å². The van der Waals surface area contributed by atoms with Crippen molar-refractivity contribution in [1.82, 2.24) is 14.8 Å². The molecule has 2 heterocycles. The van der Waals surface area contributed by atoms with E-state index >= 15 is 0 Å². The number of fused-ring (bicyclic) bond motifs is 1. The number of carbonyl (C=O) groups is 1. The Morgan fingerprint density at radius 1 is 1.30 bits per heavy atom. The first-order valence-electron chi connectivity index (χ1n) is 7.07. The van der Waals surface area contributed by atoms with Crippen LogP contribution in [0.4, 0.5) is 0 Å². The van der Waals surface area contributed by atoms with Crippen molar-refractivity contribution in [2.45, 2.75) is 6.54 Å². The highest BCUT2D eigenvalue weighted by molar-refractivity contribution is 6.17. The molecule has 0 amide bonds. The summed E-state index contributed by atoms with van der Waals surface area (Å²) in [7, 11) is 0. The van der Waals surface area contributed by atoms with Crippen molar-refractivity contribution >= 4 is 40.6 Å². The van der Waals surface area contributed by atoms with Crippen LogP contribution in [0.1, 0.15) is 21.6 Å². The van der Waals surface area contributed by atoms with Crippen LogP contribution in [0, 0.1) is 0 Å². The number of hydrogen-bond donors (Lipinski definition) is 1. The van der Waals surface area contributed by atoms with Gasteiger partial charge in [-0.1, -0.05) is 18.2 Å². The van der Waals surface area contributed by atoms with Crippen molar-refractivity contribution < 1.29 is 9.90 Å². The number of carboxylic acid groups (broad SMARTS) is 1. The Balaban J connectivity index is 1.95. The lowest BCUT2D eigenvalue weighted by molar-refractivity contribution is 0.0699. The highest BCUT2D eigenvalue weighted by atomic mass is 35.5. The minimum absolute atomic E-state index is 0.244. The Morgan fingerprint density at radius 2 is 2.13 bits per heavy atom. The molecule has 0 aliphatic heterocycles. The third kappa shape index (κ3) is 3.40. The Kier molecular flexibility index (Phi) is 4.39. The number of halogens is 1. The van der Waals surface area contributed by atoms with Crippen molar-refractivity contribution in [1.29, 1.82) is 0 Å². The van der Waals surface area contributed by atoms with E-state index in [9.17, 15) is 9.90 Å². The molecule has 0 aliphatic carbocycles. The molecule has 116 valence electrons. The van der Waals surface area contributed by atoms with E-state index in [4.69, 9.17) is 11.6 Å². The summed E-state index contributed by atoms with van der Waals surface area (Å²) in [5.41, 5.74) is 2.39. The minimum Gasteiger partial charge on any atom is -0.478 e. The van der Waals surface area contributed by atoms with Crippen molar-refractivity contribution in [2.75, 3.05) is 5.88 Å². The van der Waals surface area contributed by atoms with E-state index in [0.717, 1.165) is 5.56 Å². The summed E-state index contributed by atoms with van der Waals surface area (Å²) in [4.78, 5) is 15.9. The van der Waals surface area contributed by atoms with Gasteiger partial charge < -0.3 is 5.11 Å². The SMILES string of the molecule is O=C(O)c1cc(C=Cc2cnn(CCCl)c2)nc2ccccc12. The fourth-order valence-corrected chi connectivity index (χ4v) is 2.49. The number of nitrogens with zero attached hydrogens (tertiary/aromatic N) is 3. The molecule has 3 rings (SSSR count). The zero-order chi connectivity index (χ0) is 16.2. The zero-order valence-corrected chi connectivity index (χ0v) is 12.9. The first-order chi connectivity index (χ1) is 11.2. The molecule has 2 aromatic heterocycles. The molecule has 0 fully saturated rings. The van der Waals surface area contributed by atoms with Gasteiger partial charge in [0, 0.05) is 23.0 Å². The normalized spacial score (nSPS) is 11.3. The molecule has 0 unspecified atom stereocenters. The number of aryl methyl sites for hydroxylation is 1. The lowest BCUT2D eigenvalue weighted by atomic mass is 10.1. The predicted molar refractivity (Wildman–Crippen MR) is 90.6 cm³/mol. The number of pyridine rings is 1. The van der Waals surface area contributed by atoms with Gasteiger partial charge in [-0.05, 0) is 24.3 Å². The van der Waals surface area contributed by atoms with Gasteiger partial charge in [-0.2, -0.15) is 5.10 Å². The fraction of sp³-hybridized carbons (Fsp3) is 0.118. The summed E-state index contributed by atoms with van der Waals surface area (Å²) in [5, 5.41) is 14.2. The maximum Gasteiger partial charge on any atom is 0.336 e. The molecule has 1 aromatic carbocycles. The standard InChI is InChI=1S/C17H14ClN3O2/c18-7-8-21-11-12(10-19-21)5-6-13-9-15(17(22)23)14-3-1-2-4-16(14)20-13/h1-6,9-11H,7-8H2,(H,22,23). The Bertz CT molecular complexity index is 886. The monoisotopic (exact) mass is 327 g/mol. The summed E-state index contributed by atoms with van der Waals surface area (Å²) in [6.45, 7) is 0.646. The number of alkyl halides is 1. The molecule has 0 saturated carbocycles. The maximum atomic E-state index is 11.4. The molecule has 0 aliphatic rings. The van der Waals surface area contributed by atoms with Crippen LogP contribution >= 0.6 is 11.6 Å². The van der Waals surface area contributed by atoms with Crippen LogP contribution in [-0.4, -0.2) is 31.7 Å². The Labute approximate surface area is 137 Å². The van der Waals surface area contributed by atoms with E-state index < -0.39 is 5.97 Å². The van der Waals surface area contributed by atoms with Crippen molar-refractivity contribution in [3.63, 3.8) is 0 Å². The van der Waals surface area contributed by atoms with Crippen LogP contribution in [0.15, 0.2) is 42.7 Å². The summed E-state index contributed by atoms with van der Waals surface area (Å²) in [6.07, 6.45) is 7.22. The smallest absolute Gasteiger partial charge is 0.336 e. The lowest BCUT2D eigenvalue weighted by Gasteiger charge is -2.03. The molecular formula is C17H14ClN3O2. The topological polar surface area (TPSA) is 68.0 Å². The van der Waals surface area contributed by atoms with Crippen molar-refractivity contribution in [2.24, 2.45) is 0 Å². The molecule has 0 saturated heterocycles. The third-order valence-electron chi connectivity index (χ3n) is 3.38. The molecule has 6 heteroatoms. The summed E-state index contributed by atoms with van der Waals surface area (Å²) >= 11 is 5.68. The number of para-hydroxylation sites is 1. The molecule has 1 N–H and O–H groups in total. The van der Waals surface area contributed by atoms with Gasteiger partial charge in [0.25, 0.3) is 0 Å². The first-order valence-corrected chi connectivity index (χ1v) is 7.60. The Hall–Kier alpha value is -2.66. The second-order valence-corrected chi connectivity index (χ2v) is 5.35. The van der Waals surface area contributed by atoms with E-state index in [1.54, 1.807) is 41.2 Å². The van der Waals surface area contributed by atoms with E-state index in [-0.39, 0.29) is 5.56 Å². The number of aromatic carboxylic acids is 1. The average Bonchev–Trinajstić information content (AvgIpc) is 3.00. The van der Waals surface area contributed by atoms with E-state index in [0.29, 0.717) is 29.0 Å². The predicted octanol–water partition coefficient (Wildman–Crippen LogP) is 3.54. The fourth-order valence-electron chi connectivity index (χ4n) is 2.31. The molecule has 3 aromatic rings. The van der Waals surface area contributed by atoms with Gasteiger partial charge in [0.05, 0.1) is 29.5 Å². The third-order valence-corrected chi connectivity index (χ3v) is 3.55. The van der Waals surface area contributed by atoms with Crippen LogP contribution in [0.25, 0.3) is 23.1 Å². The van der Waals surface area contributed by atoms with Gasteiger partial charge in [-0.3, -0.25) is 4.68 Å². The largest absolute Gasteiger partial charge is 0.478 e. The molecule has 0 spiro atoms. The number of hydrogen-bond acceptors (Lipinski definition) is 3. The number of aromatic nitrogens is 3. The van der Waals surface area contributed by atoms with Crippen LogP contribution in [-0.2, 0) is 6.54 Å². The van der Waals surface area contributed by atoms with Gasteiger partial charge in [0.15, 0.2) is 0 Å². The van der Waals surface area contributed by atoms with Crippen LogP contribution < -0.4 is 0 Å².